The lowest BCUT2D eigenvalue weighted by Gasteiger charge is -2.36. The van der Waals surface area contributed by atoms with Gasteiger partial charge in [0.25, 0.3) is 5.91 Å². The van der Waals surface area contributed by atoms with Gasteiger partial charge in [-0.15, -0.1) is 0 Å². The van der Waals surface area contributed by atoms with Crippen LogP contribution in [0.15, 0.2) is 66.9 Å². The zero-order chi connectivity index (χ0) is 22.8. The Morgan fingerprint density at radius 3 is 2.55 bits per heavy atom. The maximum atomic E-state index is 13.5. The summed E-state index contributed by atoms with van der Waals surface area (Å²) in [6, 6.07) is 19.7. The molecule has 0 N–H and O–H groups in total. The second-order valence-electron chi connectivity index (χ2n) is 7.98. The number of aromatic nitrogens is 3. The summed E-state index contributed by atoms with van der Waals surface area (Å²) in [5.41, 5.74) is 4.78. The van der Waals surface area contributed by atoms with Crippen molar-refractivity contribution >= 4 is 28.8 Å². The van der Waals surface area contributed by atoms with Crippen LogP contribution in [0.1, 0.15) is 16.1 Å². The molecule has 0 aliphatic carbocycles. The van der Waals surface area contributed by atoms with Gasteiger partial charge in [0.15, 0.2) is 5.65 Å². The van der Waals surface area contributed by atoms with E-state index in [4.69, 9.17) is 21.4 Å². The number of anilines is 1. The Hall–Kier alpha value is -3.42. The summed E-state index contributed by atoms with van der Waals surface area (Å²) in [5.74, 6) is -0.0565. The zero-order valence-corrected chi connectivity index (χ0v) is 19.1. The first kappa shape index (κ1) is 21.4. The highest BCUT2D eigenvalue weighted by Crippen LogP contribution is 2.24. The number of fused-ring (bicyclic) bond motifs is 1. The summed E-state index contributed by atoms with van der Waals surface area (Å²) in [7, 11) is 1.62. The number of halogens is 1. The molecule has 5 rings (SSSR count). The van der Waals surface area contributed by atoms with Gasteiger partial charge in [0, 0.05) is 61.8 Å². The van der Waals surface area contributed by atoms with Crippen molar-refractivity contribution in [2.75, 3.05) is 38.2 Å². The standard InChI is InChI=1S/C25H24ClN5O2/c1-33-17-23-21(16-27-24-15-22(28-31(23)24)18-6-3-2-4-7-18)25(32)30-12-10-29(11-13-30)20-9-5-8-19(26)14-20/h2-9,14-16H,10-13,17H2,1H3. The first-order chi connectivity index (χ1) is 16.1. The largest absolute Gasteiger partial charge is 0.378 e. The number of hydrogen-bond acceptors (Lipinski definition) is 5. The quantitative estimate of drug-likeness (QED) is 0.446. The first-order valence-electron chi connectivity index (χ1n) is 10.9. The lowest BCUT2D eigenvalue weighted by atomic mass is 10.1. The third-order valence-corrected chi connectivity index (χ3v) is 6.14. The fraction of sp³-hybridized carbons (Fsp3) is 0.240. The number of rotatable bonds is 5. The Morgan fingerprint density at radius 2 is 1.82 bits per heavy atom. The molecule has 4 aromatic rings. The lowest BCUT2D eigenvalue weighted by Crippen LogP contribution is -2.49. The molecule has 0 atom stereocenters. The predicted molar refractivity (Wildman–Crippen MR) is 129 cm³/mol. The summed E-state index contributed by atoms with van der Waals surface area (Å²) in [4.78, 5) is 22.1. The molecular formula is C25H24ClN5O2. The molecule has 0 saturated carbocycles. The van der Waals surface area contributed by atoms with Gasteiger partial charge in [0.05, 0.1) is 23.6 Å². The minimum Gasteiger partial charge on any atom is -0.378 e. The molecule has 1 amide bonds. The van der Waals surface area contributed by atoms with Crippen LogP contribution in [0.3, 0.4) is 0 Å². The monoisotopic (exact) mass is 461 g/mol. The number of amides is 1. The highest BCUT2D eigenvalue weighted by Gasteiger charge is 2.26. The second-order valence-corrected chi connectivity index (χ2v) is 8.41. The molecule has 1 fully saturated rings. The van der Waals surface area contributed by atoms with Gasteiger partial charge in [0.1, 0.15) is 0 Å². The van der Waals surface area contributed by atoms with Gasteiger partial charge in [-0.05, 0) is 18.2 Å². The van der Waals surface area contributed by atoms with Crippen molar-refractivity contribution in [1.82, 2.24) is 19.5 Å². The second kappa shape index (κ2) is 9.21. The van der Waals surface area contributed by atoms with E-state index in [1.807, 2.05) is 65.6 Å². The number of benzene rings is 2. The number of nitrogens with zero attached hydrogens (tertiary/aromatic N) is 5. The van der Waals surface area contributed by atoms with E-state index >= 15 is 0 Å². The number of carbonyl (C=O) groups is 1. The van der Waals surface area contributed by atoms with Crippen LogP contribution in [0.5, 0.6) is 0 Å². The minimum atomic E-state index is -0.0565. The number of piperazine rings is 1. The third-order valence-electron chi connectivity index (χ3n) is 5.90. The molecule has 1 aliphatic heterocycles. The number of hydrogen-bond donors (Lipinski definition) is 0. The number of carbonyl (C=O) groups excluding carboxylic acids is 1. The molecule has 8 heteroatoms. The summed E-state index contributed by atoms with van der Waals surface area (Å²) >= 11 is 6.14. The van der Waals surface area contributed by atoms with Gasteiger partial charge in [-0.1, -0.05) is 48.0 Å². The van der Waals surface area contributed by atoms with Crippen LogP contribution in [0, 0.1) is 0 Å². The predicted octanol–water partition coefficient (Wildman–Crippen LogP) is 4.16. The topological polar surface area (TPSA) is 63.0 Å². The molecule has 7 nitrogen and oxygen atoms in total. The van der Waals surface area contributed by atoms with Gasteiger partial charge in [0.2, 0.25) is 0 Å². The van der Waals surface area contributed by atoms with Gasteiger partial charge in [-0.2, -0.15) is 5.10 Å². The van der Waals surface area contributed by atoms with E-state index in [9.17, 15) is 4.79 Å². The smallest absolute Gasteiger partial charge is 0.257 e. The SMILES string of the molecule is COCc1c(C(=O)N2CCN(c3cccc(Cl)c3)CC2)cnc2cc(-c3ccccc3)nn12. The van der Waals surface area contributed by atoms with Crippen LogP contribution in [0.25, 0.3) is 16.9 Å². The van der Waals surface area contributed by atoms with Crippen molar-refractivity contribution in [3.05, 3.63) is 83.1 Å². The van der Waals surface area contributed by atoms with E-state index in [1.54, 1.807) is 17.8 Å². The Bertz CT molecular complexity index is 1280. The van der Waals surface area contributed by atoms with Crippen molar-refractivity contribution in [3.63, 3.8) is 0 Å². The van der Waals surface area contributed by atoms with Crippen molar-refractivity contribution in [2.24, 2.45) is 0 Å². The van der Waals surface area contributed by atoms with E-state index in [2.05, 4.69) is 9.88 Å². The van der Waals surface area contributed by atoms with E-state index in [-0.39, 0.29) is 12.5 Å². The van der Waals surface area contributed by atoms with Crippen LogP contribution >= 0.6 is 11.6 Å². The van der Waals surface area contributed by atoms with E-state index in [1.165, 1.54) is 0 Å². The van der Waals surface area contributed by atoms with Crippen LogP contribution in [0.2, 0.25) is 5.02 Å². The average molecular weight is 462 g/mol. The van der Waals surface area contributed by atoms with Gasteiger partial charge in [-0.3, -0.25) is 4.79 Å². The van der Waals surface area contributed by atoms with Crippen LogP contribution in [-0.4, -0.2) is 58.7 Å². The highest BCUT2D eigenvalue weighted by molar-refractivity contribution is 6.30. The molecule has 1 aliphatic rings. The maximum absolute atomic E-state index is 13.5. The molecule has 0 bridgehead atoms. The molecule has 1 saturated heterocycles. The fourth-order valence-electron chi connectivity index (χ4n) is 4.20. The Kier molecular flexibility index (Phi) is 5.98. The van der Waals surface area contributed by atoms with Crippen molar-refractivity contribution in [3.8, 4) is 11.3 Å². The summed E-state index contributed by atoms with van der Waals surface area (Å²) < 4.78 is 7.16. The molecule has 0 spiro atoms. The van der Waals surface area contributed by atoms with Crippen LogP contribution in [0.4, 0.5) is 5.69 Å². The van der Waals surface area contributed by atoms with E-state index in [0.717, 1.165) is 30.0 Å². The lowest BCUT2D eigenvalue weighted by molar-refractivity contribution is 0.0739. The van der Waals surface area contributed by atoms with Crippen molar-refractivity contribution in [2.45, 2.75) is 6.61 Å². The fourth-order valence-corrected chi connectivity index (χ4v) is 4.38. The minimum absolute atomic E-state index is 0.0565. The molecule has 0 radical (unpaired) electrons. The summed E-state index contributed by atoms with van der Waals surface area (Å²) in [6.45, 7) is 2.97. The van der Waals surface area contributed by atoms with Gasteiger partial charge >= 0.3 is 0 Å². The Labute approximate surface area is 197 Å². The first-order valence-corrected chi connectivity index (χ1v) is 11.2. The maximum Gasteiger partial charge on any atom is 0.257 e. The molecule has 2 aromatic carbocycles. The molecule has 0 unspecified atom stereocenters. The van der Waals surface area contributed by atoms with Gasteiger partial charge < -0.3 is 14.5 Å². The van der Waals surface area contributed by atoms with E-state index in [0.29, 0.717) is 35.0 Å². The number of methoxy groups -OCH3 is 1. The normalized spacial score (nSPS) is 14.1. The molecule has 2 aromatic heterocycles. The molecular weight excluding hydrogens is 438 g/mol. The highest BCUT2D eigenvalue weighted by atomic mass is 35.5. The number of ether oxygens (including phenoxy) is 1. The Morgan fingerprint density at radius 1 is 1.03 bits per heavy atom. The summed E-state index contributed by atoms with van der Waals surface area (Å²) in [6.07, 6.45) is 1.64. The molecule has 3 heterocycles. The van der Waals surface area contributed by atoms with Gasteiger partial charge in [-0.25, -0.2) is 9.50 Å². The molecule has 33 heavy (non-hydrogen) atoms. The zero-order valence-electron chi connectivity index (χ0n) is 18.3. The summed E-state index contributed by atoms with van der Waals surface area (Å²) in [5, 5.41) is 5.44. The van der Waals surface area contributed by atoms with Crippen molar-refractivity contribution in [1.29, 1.82) is 0 Å². The van der Waals surface area contributed by atoms with E-state index < -0.39 is 0 Å². The van der Waals surface area contributed by atoms with Crippen LogP contribution in [-0.2, 0) is 11.3 Å². The van der Waals surface area contributed by atoms with Crippen LogP contribution < -0.4 is 4.90 Å². The molecule has 168 valence electrons. The average Bonchev–Trinajstić information content (AvgIpc) is 3.30. The Balaban J connectivity index is 1.40. The van der Waals surface area contributed by atoms with Crippen molar-refractivity contribution < 1.29 is 9.53 Å². The third kappa shape index (κ3) is 4.29.